The Hall–Kier alpha value is -6.09. The van der Waals surface area contributed by atoms with Crippen molar-refractivity contribution in [2.45, 2.75) is 36.5 Å². The van der Waals surface area contributed by atoms with Crippen molar-refractivity contribution >= 4 is 86.3 Å². The molecule has 0 saturated carbocycles. The number of benzene rings is 6. The Bertz CT molecular complexity index is 2430. The highest BCUT2D eigenvalue weighted by molar-refractivity contribution is 7.94. The lowest BCUT2D eigenvalue weighted by molar-refractivity contribution is -0.432. The van der Waals surface area contributed by atoms with E-state index in [4.69, 9.17) is 20.6 Å². The second kappa shape index (κ2) is 19.7. The van der Waals surface area contributed by atoms with E-state index < -0.39 is 0 Å². The van der Waals surface area contributed by atoms with Gasteiger partial charge in [-0.1, -0.05) is 23.9 Å². The van der Waals surface area contributed by atoms with Crippen LogP contribution in [-0.2, 0) is 31.6 Å². The maximum atomic E-state index is 12.8. The number of aromatic hydroxyl groups is 1. The van der Waals surface area contributed by atoms with E-state index in [2.05, 4.69) is 50.4 Å². The van der Waals surface area contributed by atoms with Crippen LogP contribution in [0.25, 0.3) is 10.8 Å². The number of amides is 1. The average Bonchev–Trinajstić information content (AvgIpc) is 3.24. The summed E-state index contributed by atoms with van der Waals surface area (Å²) in [5, 5.41) is 66.3. The monoisotopic (exact) mass is 806 g/mol. The molecule has 0 unspecified atom stereocenters. The minimum absolute atomic E-state index is 0.0759. The average molecular weight is 807 g/mol. The summed E-state index contributed by atoms with van der Waals surface area (Å²) in [6.45, 7) is 3.97. The van der Waals surface area contributed by atoms with Crippen LogP contribution >= 0.6 is 24.1 Å². The Morgan fingerprint density at radius 1 is 0.667 bits per heavy atom. The van der Waals surface area contributed by atoms with Crippen molar-refractivity contribution in [2.75, 3.05) is 11.1 Å². The van der Waals surface area contributed by atoms with E-state index in [9.17, 15) is 9.90 Å². The molecular formula is C39H34N8O8S2. The Kier molecular flexibility index (Phi) is 14.0. The van der Waals surface area contributed by atoms with Gasteiger partial charge in [0.15, 0.2) is 5.75 Å². The molecule has 0 aliphatic rings. The van der Waals surface area contributed by atoms with E-state index in [0.717, 1.165) is 23.2 Å². The van der Waals surface area contributed by atoms with Crippen molar-refractivity contribution < 1.29 is 39.2 Å². The van der Waals surface area contributed by atoms with Crippen LogP contribution in [0.5, 0.6) is 5.75 Å². The van der Waals surface area contributed by atoms with E-state index in [1.807, 2.05) is 26.0 Å². The van der Waals surface area contributed by atoms with E-state index in [-0.39, 0.29) is 22.2 Å². The number of phenols is 1. The van der Waals surface area contributed by atoms with Gasteiger partial charge in [-0.05, 0) is 139 Å². The Morgan fingerprint density at radius 2 is 1.21 bits per heavy atom. The van der Waals surface area contributed by atoms with Crippen LogP contribution in [0.15, 0.2) is 150 Å². The zero-order chi connectivity index (χ0) is 40.1. The summed E-state index contributed by atoms with van der Waals surface area (Å²) in [7, 11) is 0. The van der Waals surface area contributed by atoms with Crippen molar-refractivity contribution in [1.29, 1.82) is 0 Å². The number of aryl methyl sites for hydroxylation is 2. The van der Waals surface area contributed by atoms with Crippen molar-refractivity contribution in [3.05, 3.63) is 126 Å². The third-order valence-corrected chi connectivity index (χ3v) is 9.55. The summed E-state index contributed by atoms with van der Waals surface area (Å²) in [5.74, 6) is -0.531. The maximum Gasteiger partial charge on any atom is 0.255 e. The van der Waals surface area contributed by atoms with Crippen LogP contribution in [0.2, 0.25) is 0 Å². The van der Waals surface area contributed by atoms with E-state index in [0.29, 0.717) is 85.9 Å². The quantitative estimate of drug-likeness (QED) is 0.0203. The van der Waals surface area contributed by atoms with Gasteiger partial charge in [-0.25, -0.2) is 10.5 Å². The zero-order valence-corrected chi connectivity index (χ0v) is 31.9. The van der Waals surface area contributed by atoms with E-state index in [1.54, 1.807) is 97.1 Å². The summed E-state index contributed by atoms with van der Waals surface area (Å²) in [5.41, 5.74) is 12.1. The largest absolute Gasteiger partial charge is 0.505 e. The van der Waals surface area contributed by atoms with Crippen LogP contribution in [0.1, 0.15) is 35.3 Å². The summed E-state index contributed by atoms with van der Waals surface area (Å²) in [4.78, 5) is 13.8. The van der Waals surface area contributed by atoms with Gasteiger partial charge in [0.25, 0.3) is 5.91 Å². The Morgan fingerprint density at radius 3 is 1.79 bits per heavy atom. The SMILES string of the molecule is CCc1cc(N=Nc2c(SOOO)cc3cc(NC(=O)c4ccc(N)cc4)ccc3c2O)c(CC)cc1N=Nc1ccc(N=Nc2ccc(SOOO)cc2)cc1. The normalized spacial score (nSPS) is 11.7. The number of azo groups is 3. The molecule has 0 aromatic heterocycles. The molecule has 57 heavy (non-hydrogen) atoms. The van der Waals surface area contributed by atoms with E-state index >= 15 is 0 Å². The number of carbonyl (C=O) groups excluding carboxylic acids is 1. The highest BCUT2D eigenvalue weighted by atomic mass is 32.2. The molecular weight excluding hydrogens is 773 g/mol. The predicted molar refractivity (Wildman–Crippen MR) is 216 cm³/mol. The smallest absolute Gasteiger partial charge is 0.255 e. The first-order valence-electron chi connectivity index (χ1n) is 17.2. The third kappa shape index (κ3) is 10.6. The Balaban J connectivity index is 1.20. The zero-order valence-electron chi connectivity index (χ0n) is 30.3. The lowest BCUT2D eigenvalue weighted by atomic mass is 10.0. The molecule has 0 radical (unpaired) electrons. The Labute approximate surface area is 334 Å². The number of hydrogen-bond donors (Lipinski definition) is 5. The summed E-state index contributed by atoms with van der Waals surface area (Å²) in [6, 6.07) is 31.1. The number of nitrogen functional groups attached to an aromatic ring is 1. The van der Waals surface area contributed by atoms with Crippen LogP contribution < -0.4 is 11.1 Å². The van der Waals surface area contributed by atoms with Gasteiger partial charge in [0.2, 0.25) is 0 Å². The number of anilines is 2. The molecule has 1 amide bonds. The second-order valence-corrected chi connectivity index (χ2v) is 13.5. The van der Waals surface area contributed by atoms with Gasteiger partial charge in [-0.3, -0.25) is 4.79 Å². The molecule has 0 spiro atoms. The second-order valence-electron chi connectivity index (χ2n) is 12.0. The van der Waals surface area contributed by atoms with Gasteiger partial charge < -0.3 is 16.2 Å². The number of hydrogen-bond acceptors (Lipinski definition) is 17. The molecule has 6 aromatic rings. The topological polar surface area (TPSA) is 227 Å². The van der Waals surface area contributed by atoms with Crippen molar-refractivity contribution in [3.8, 4) is 5.75 Å². The highest BCUT2D eigenvalue weighted by Gasteiger charge is 2.17. The minimum atomic E-state index is -0.335. The first-order valence-corrected chi connectivity index (χ1v) is 18.6. The van der Waals surface area contributed by atoms with Crippen molar-refractivity contribution in [3.63, 3.8) is 0 Å². The van der Waals surface area contributed by atoms with Gasteiger partial charge in [-0.15, -0.1) is 13.8 Å². The fraction of sp³-hybridized carbons (Fsp3) is 0.103. The standard InChI is InChI=1S/C39H34N8O8S2/c1-3-23-21-35(24(4-2)20-34(23)45-44-29-11-9-28(10-12-29)42-43-30-13-16-32(17-14-30)56-54-52-50)46-47-37-36(57-55-53-51)22-26-19-31(15-18-33(26)38(37)48)41-39(49)25-5-7-27(40)8-6-25/h5-22,48,50-51H,3-4,40H2,1-2H3,(H,41,49). The molecule has 0 heterocycles. The van der Waals surface area contributed by atoms with Crippen LogP contribution in [0.3, 0.4) is 0 Å². The van der Waals surface area contributed by atoms with Gasteiger partial charge in [0, 0.05) is 27.2 Å². The highest BCUT2D eigenvalue weighted by Crippen LogP contribution is 2.45. The van der Waals surface area contributed by atoms with Crippen molar-refractivity contribution in [1.82, 2.24) is 0 Å². The number of carbonyl (C=O) groups is 1. The number of fused-ring (bicyclic) bond motifs is 1. The van der Waals surface area contributed by atoms with Crippen LogP contribution in [0, 0.1) is 0 Å². The van der Waals surface area contributed by atoms with Gasteiger partial charge >= 0.3 is 0 Å². The first-order chi connectivity index (χ1) is 27.8. The molecule has 18 heteroatoms. The molecule has 6 N–H and O–H groups in total. The minimum Gasteiger partial charge on any atom is -0.505 e. The number of phenolic OH excluding ortho intramolecular Hbond substituents is 1. The van der Waals surface area contributed by atoms with E-state index in [1.165, 1.54) is 0 Å². The molecule has 0 aliphatic heterocycles. The van der Waals surface area contributed by atoms with Gasteiger partial charge in [0.05, 0.1) is 57.4 Å². The van der Waals surface area contributed by atoms with Crippen LogP contribution in [0.4, 0.5) is 45.5 Å². The summed E-state index contributed by atoms with van der Waals surface area (Å²) >= 11 is 1.47. The lowest BCUT2D eigenvalue weighted by Crippen LogP contribution is -2.11. The summed E-state index contributed by atoms with van der Waals surface area (Å²) < 4.78 is 9.14. The number of nitrogens with two attached hydrogens (primary N) is 1. The number of nitrogens with zero attached hydrogens (tertiary/aromatic N) is 6. The van der Waals surface area contributed by atoms with Gasteiger partial charge in [-0.2, -0.15) is 25.6 Å². The molecule has 6 aromatic carbocycles. The molecule has 6 rings (SSSR count). The molecule has 0 saturated heterocycles. The van der Waals surface area contributed by atoms with Crippen molar-refractivity contribution in [2.24, 2.45) is 30.7 Å². The first kappa shape index (κ1) is 40.6. The molecule has 0 atom stereocenters. The molecule has 16 nitrogen and oxygen atoms in total. The third-order valence-electron chi connectivity index (χ3n) is 8.34. The fourth-order valence-electron chi connectivity index (χ4n) is 5.43. The number of nitrogens with one attached hydrogen (secondary N) is 1. The van der Waals surface area contributed by atoms with Gasteiger partial charge in [0.1, 0.15) is 5.69 Å². The molecule has 0 bridgehead atoms. The predicted octanol–water partition coefficient (Wildman–Crippen LogP) is 12.6. The lowest BCUT2D eigenvalue weighted by Gasteiger charge is -2.12. The molecule has 0 aliphatic carbocycles. The molecule has 290 valence electrons. The summed E-state index contributed by atoms with van der Waals surface area (Å²) in [6.07, 6.45) is 1.23. The number of rotatable bonds is 16. The molecule has 0 fully saturated rings. The fourth-order valence-corrected chi connectivity index (χ4v) is 6.29. The van der Waals surface area contributed by atoms with Crippen LogP contribution in [-0.4, -0.2) is 21.5 Å². The maximum absolute atomic E-state index is 12.8.